The van der Waals surface area contributed by atoms with Crippen LogP contribution in [0, 0.1) is 5.92 Å². The summed E-state index contributed by atoms with van der Waals surface area (Å²) < 4.78 is 10.3. The van der Waals surface area contributed by atoms with Gasteiger partial charge in [-0.1, -0.05) is 0 Å². The molecule has 0 spiro atoms. The van der Waals surface area contributed by atoms with E-state index in [0.717, 1.165) is 30.2 Å². The molecule has 0 unspecified atom stereocenters. The summed E-state index contributed by atoms with van der Waals surface area (Å²) >= 11 is 0. The van der Waals surface area contributed by atoms with Gasteiger partial charge in [-0.2, -0.15) is 0 Å². The molecule has 0 atom stereocenters. The molecule has 0 saturated carbocycles. The van der Waals surface area contributed by atoms with Gasteiger partial charge in [-0.15, -0.1) is 0 Å². The van der Waals surface area contributed by atoms with Gasteiger partial charge in [0.1, 0.15) is 17.7 Å². The predicted octanol–water partition coefficient (Wildman–Crippen LogP) is 2.70. The molecular weight excluding hydrogens is 308 g/mol. The minimum atomic E-state index is -0.472. The minimum absolute atomic E-state index is 0.370. The van der Waals surface area contributed by atoms with Crippen LogP contribution < -0.4 is 10.2 Å². The maximum absolute atomic E-state index is 11.7. The smallest absolute Gasteiger partial charge is 0.407 e. The van der Waals surface area contributed by atoms with Gasteiger partial charge in [0.05, 0.1) is 18.2 Å². The lowest BCUT2D eigenvalue weighted by Crippen LogP contribution is -2.52. The number of aromatic nitrogens is 2. The number of carbonyl (C=O) groups excluding carboxylic acids is 1. The van der Waals surface area contributed by atoms with Crippen LogP contribution in [0.5, 0.6) is 0 Å². The molecular formula is C17H22N4O3. The van der Waals surface area contributed by atoms with E-state index in [0.29, 0.717) is 12.5 Å². The SMILES string of the molecule is CC(C)(C)OC(=O)NCC1CN(c2cc(-c3ccoc3)ncn2)C1. The lowest BCUT2D eigenvalue weighted by atomic mass is 10.0. The van der Waals surface area contributed by atoms with Crippen LogP contribution in [0.15, 0.2) is 35.4 Å². The Kier molecular flexibility index (Phi) is 4.42. The Morgan fingerprint density at radius 2 is 2.21 bits per heavy atom. The van der Waals surface area contributed by atoms with Crippen LogP contribution in [0.2, 0.25) is 0 Å². The molecule has 1 N–H and O–H groups in total. The van der Waals surface area contributed by atoms with E-state index in [2.05, 4.69) is 20.2 Å². The summed E-state index contributed by atoms with van der Waals surface area (Å²) in [5.41, 5.74) is 1.30. The lowest BCUT2D eigenvalue weighted by molar-refractivity contribution is 0.0516. The number of alkyl carbamates (subject to hydrolysis) is 1. The largest absolute Gasteiger partial charge is 0.472 e. The second-order valence-electron chi connectivity index (χ2n) is 6.93. The molecule has 1 amide bonds. The van der Waals surface area contributed by atoms with Crippen molar-refractivity contribution in [3.8, 4) is 11.3 Å². The summed E-state index contributed by atoms with van der Waals surface area (Å²) in [5, 5.41) is 2.81. The van der Waals surface area contributed by atoms with Gasteiger partial charge in [-0.05, 0) is 26.8 Å². The molecule has 1 saturated heterocycles. The summed E-state index contributed by atoms with van der Waals surface area (Å²) in [6.45, 7) is 7.85. The maximum Gasteiger partial charge on any atom is 0.407 e. The molecule has 1 fully saturated rings. The third kappa shape index (κ3) is 4.04. The summed E-state index contributed by atoms with van der Waals surface area (Å²) in [6, 6.07) is 3.82. The summed E-state index contributed by atoms with van der Waals surface area (Å²) in [6.07, 6.45) is 4.48. The van der Waals surface area contributed by atoms with E-state index in [1.54, 1.807) is 18.9 Å². The highest BCUT2D eigenvalue weighted by Gasteiger charge is 2.29. The number of hydrogen-bond donors (Lipinski definition) is 1. The molecule has 3 rings (SSSR count). The van der Waals surface area contributed by atoms with E-state index in [9.17, 15) is 4.79 Å². The second-order valence-corrected chi connectivity index (χ2v) is 6.93. The van der Waals surface area contributed by atoms with Crippen molar-refractivity contribution in [1.82, 2.24) is 15.3 Å². The number of anilines is 1. The van der Waals surface area contributed by atoms with E-state index in [1.807, 2.05) is 32.9 Å². The van der Waals surface area contributed by atoms with Gasteiger partial charge in [-0.3, -0.25) is 0 Å². The van der Waals surface area contributed by atoms with E-state index >= 15 is 0 Å². The van der Waals surface area contributed by atoms with Crippen LogP contribution in [-0.2, 0) is 4.74 Å². The Balaban J connectivity index is 1.49. The number of nitrogens with one attached hydrogen (secondary N) is 1. The van der Waals surface area contributed by atoms with Crippen molar-refractivity contribution in [2.75, 3.05) is 24.5 Å². The number of rotatable bonds is 4. The first-order chi connectivity index (χ1) is 11.4. The van der Waals surface area contributed by atoms with Crippen molar-refractivity contribution >= 4 is 11.9 Å². The zero-order valence-electron chi connectivity index (χ0n) is 14.2. The van der Waals surface area contributed by atoms with Gasteiger partial charge in [0.2, 0.25) is 0 Å². The van der Waals surface area contributed by atoms with Crippen molar-refractivity contribution in [2.24, 2.45) is 5.92 Å². The molecule has 7 heteroatoms. The zero-order valence-corrected chi connectivity index (χ0v) is 14.2. The fourth-order valence-corrected chi connectivity index (χ4v) is 2.52. The highest BCUT2D eigenvalue weighted by Crippen LogP contribution is 2.26. The number of furan rings is 1. The third-order valence-electron chi connectivity index (χ3n) is 3.68. The molecule has 3 heterocycles. The van der Waals surface area contributed by atoms with Crippen LogP contribution in [-0.4, -0.2) is 41.3 Å². The Bertz CT molecular complexity index is 688. The van der Waals surface area contributed by atoms with Gasteiger partial charge in [0, 0.05) is 37.2 Å². The van der Waals surface area contributed by atoms with E-state index in [-0.39, 0.29) is 6.09 Å². The maximum atomic E-state index is 11.7. The lowest BCUT2D eigenvalue weighted by Gasteiger charge is -2.40. The normalized spacial score (nSPS) is 15.0. The van der Waals surface area contributed by atoms with Crippen LogP contribution in [0.25, 0.3) is 11.3 Å². The topological polar surface area (TPSA) is 80.5 Å². The highest BCUT2D eigenvalue weighted by atomic mass is 16.6. The first-order valence-electron chi connectivity index (χ1n) is 7.97. The molecule has 128 valence electrons. The molecule has 0 aliphatic carbocycles. The van der Waals surface area contributed by atoms with Crippen molar-refractivity contribution < 1.29 is 13.9 Å². The first-order valence-corrected chi connectivity index (χ1v) is 7.97. The van der Waals surface area contributed by atoms with Crippen molar-refractivity contribution in [2.45, 2.75) is 26.4 Å². The number of hydrogen-bond acceptors (Lipinski definition) is 6. The van der Waals surface area contributed by atoms with Crippen LogP contribution in [0.4, 0.5) is 10.6 Å². The zero-order chi connectivity index (χ0) is 17.2. The molecule has 1 aliphatic heterocycles. The summed E-state index contributed by atoms with van der Waals surface area (Å²) in [5.74, 6) is 1.28. The average Bonchev–Trinajstić information content (AvgIpc) is 2.98. The number of ether oxygens (including phenoxy) is 1. The van der Waals surface area contributed by atoms with Crippen molar-refractivity contribution in [3.63, 3.8) is 0 Å². The van der Waals surface area contributed by atoms with Crippen LogP contribution >= 0.6 is 0 Å². The highest BCUT2D eigenvalue weighted by molar-refractivity contribution is 5.67. The van der Waals surface area contributed by atoms with Crippen LogP contribution in [0.3, 0.4) is 0 Å². The van der Waals surface area contributed by atoms with Gasteiger partial charge in [-0.25, -0.2) is 14.8 Å². The Morgan fingerprint density at radius 3 is 2.88 bits per heavy atom. The minimum Gasteiger partial charge on any atom is -0.472 e. The van der Waals surface area contributed by atoms with E-state index < -0.39 is 5.60 Å². The Labute approximate surface area is 141 Å². The Morgan fingerprint density at radius 1 is 1.42 bits per heavy atom. The third-order valence-corrected chi connectivity index (χ3v) is 3.68. The van der Waals surface area contributed by atoms with E-state index in [1.165, 1.54) is 0 Å². The van der Waals surface area contributed by atoms with E-state index in [4.69, 9.17) is 9.15 Å². The fraction of sp³-hybridized carbons (Fsp3) is 0.471. The molecule has 2 aromatic rings. The first kappa shape index (κ1) is 16.3. The molecule has 0 radical (unpaired) electrons. The summed E-state index contributed by atoms with van der Waals surface area (Å²) in [7, 11) is 0. The monoisotopic (exact) mass is 330 g/mol. The number of carbonyl (C=O) groups is 1. The second kappa shape index (κ2) is 6.51. The average molecular weight is 330 g/mol. The fourth-order valence-electron chi connectivity index (χ4n) is 2.52. The molecule has 1 aliphatic rings. The molecule has 24 heavy (non-hydrogen) atoms. The van der Waals surface area contributed by atoms with Crippen LogP contribution in [0.1, 0.15) is 20.8 Å². The molecule has 0 bridgehead atoms. The predicted molar refractivity (Wildman–Crippen MR) is 89.7 cm³/mol. The van der Waals surface area contributed by atoms with Crippen molar-refractivity contribution in [3.05, 3.63) is 31.0 Å². The van der Waals surface area contributed by atoms with Gasteiger partial charge in [0.15, 0.2) is 0 Å². The van der Waals surface area contributed by atoms with Gasteiger partial charge < -0.3 is 19.4 Å². The number of nitrogens with zero attached hydrogens (tertiary/aromatic N) is 3. The van der Waals surface area contributed by atoms with Crippen molar-refractivity contribution in [1.29, 1.82) is 0 Å². The van der Waals surface area contributed by atoms with Gasteiger partial charge in [0.25, 0.3) is 0 Å². The molecule has 7 nitrogen and oxygen atoms in total. The molecule has 2 aromatic heterocycles. The number of amides is 1. The van der Waals surface area contributed by atoms with Gasteiger partial charge >= 0.3 is 6.09 Å². The summed E-state index contributed by atoms with van der Waals surface area (Å²) in [4.78, 5) is 22.4. The quantitative estimate of drug-likeness (QED) is 0.928. The standard InChI is InChI=1S/C17H22N4O3/c1-17(2,3)24-16(22)18-7-12-8-21(9-12)15-6-14(19-11-20-15)13-4-5-23-10-13/h4-6,10-12H,7-9H2,1-3H3,(H,18,22). The molecule has 0 aromatic carbocycles. The Hall–Kier alpha value is -2.57.